The van der Waals surface area contributed by atoms with Gasteiger partial charge in [0.1, 0.15) is 22.1 Å². The molecule has 0 unspecified atom stereocenters. The molecule has 1 N–H and O–H groups in total. The highest BCUT2D eigenvalue weighted by Crippen LogP contribution is 2.44. The Bertz CT molecular complexity index is 1560. The van der Waals surface area contributed by atoms with Crippen molar-refractivity contribution in [3.05, 3.63) is 76.8 Å². The molecule has 2 amide bonds. The number of ketones is 1. The molecule has 0 aliphatic carbocycles. The number of aryl methyl sites for hydroxylation is 1. The summed E-state index contributed by atoms with van der Waals surface area (Å²) in [5, 5.41) is 9.53. The largest absolute Gasteiger partial charge is 0.481 e. The number of aliphatic carboxylic acids is 1. The fourth-order valence-corrected chi connectivity index (χ4v) is 6.41. The summed E-state index contributed by atoms with van der Waals surface area (Å²) >= 11 is 1.21. The van der Waals surface area contributed by atoms with Crippen molar-refractivity contribution >= 4 is 46.2 Å². The maximum absolute atomic E-state index is 15.7. The van der Waals surface area contributed by atoms with Crippen LogP contribution in [-0.2, 0) is 14.4 Å². The number of allylic oxidation sites excluding steroid dienone is 1. The number of Topliss-reactive ketones (excluding diaryl/α,β-unsaturated/α-hetero) is 1. The van der Waals surface area contributed by atoms with Crippen LogP contribution in [0.15, 0.2) is 60.7 Å². The van der Waals surface area contributed by atoms with Gasteiger partial charge in [0.2, 0.25) is 5.91 Å². The molecule has 2 aliphatic heterocycles. The highest BCUT2D eigenvalue weighted by atomic mass is 32.1. The number of benzene rings is 2. The standard InChI is InChI=1S/C31H29F2N3O5S/c1-19-28(42-29(34-19)21-7-3-2-4-8-21)30(41)36-16-13-31(32,33)23(22-9-5-6-10-24(22)36)17-26(38)35-14-11-20(12-15-35)25(37)18-27(39)40/h2-10,17,20H,11-16,18H2,1H3,(H,39,40)/b23-17-. The number of fused-ring (bicyclic) bond motifs is 1. The van der Waals surface area contributed by atoms with Gasteiger partial charge in [0.15, 0.2) is 0 Å². The van der Waals surface area contributed by atoms with E-state index in [1.54, 1.807) is 25.1 Å². The topological polar surface area (TPSA) is 108 Å². The van der Waals surface area contributed by atoms with E-state index in [-0.39, 0.29) is 43.7 Å². The molecule has 218 valence electrons. The molecule has 0 radical (unpaired) electrons. The smallest absolute Gasteiger partial charge is 0.310 e. The lowest BCUT2D eigenvalue weighted by Gasteiger charge is -2.31. The zero-order valence-corrected chi connectivity index (χ0v) is 23.7. The van der Waals surface area contributed by atoms with Gasteiger partial charge in [-0.05, 0) is 25.8 Å². The third-order valence-corrected chi connectivity index (χ3v) is 8.83. The lowest BCUT2D eigenvalue weighted by molar-refractivity contribution is -0.142. The minimum Gasteiger partial charge on any atom is -0.481 e. The molecular formula is C31H29F2N3O5S. The van der Waals surface area contributed by atoms with Gasteiger partial charge in [-0.1, -0.05) is 48.5 Å². The van der Waals surface area contributed by atoms with Crippen LogP contribution in [0.2, 0.25) is 0 Å². The number of amides is 2. The Hall–Kier alpha value is -4.25. The van der Waals surface area contributed by atoms with Crippen LogP contribution in [0, 0.1) is 12.8 Å². The van der Waals surface area contributed by atoms with E-state index in [0.29, 0.717) is 15.6 Å². The maximum Gasteiger partial charge on any atom is 0.310 e. The van der Waals surface area contributed by atoms with Gasteiger partial charge in [0, 0.05) is 54.7 Å². The second-order valence-electron chi connectivity index (χ2n) is 10.4. The van der Waals surface area contributed by atoms with Gasteiger partial charge >= 0.3 is 5.97 Å². The number of nitrogens with zero attached hydrogens (tertiary/aromatic N) is 3. The summed E-state index contributed by atoms with van der Waals surface area (Å²) < 4.78 is 31.4. The molecule has 2 aliphatic rings. The number of carbonyl (C=O) groups excluding carboxylic acids is 3. The van der Waals surface area contributed by atoms with Crippen molar-refractivity contribution in [3.8, 4) is 10.6 Å². The van der Waals surface area contributed by atoms with Crippen molar-refractivity contribution in [1.29, 1.82) is 0 Å². The van der Waals surface area contributed by atoms with Crippen molar-refractivity contribution in [3.63, 3.8) is 0 Å². The number of carbonyl (C=O) groups is 4. The highest BCUT2D eigenvalue weighted by molar-refractivity contribution is 7.17. The first kappa shape index (κ1) is 29.2. The predicted octanol–water partition coefficient (Wildman–Crippen LogP) is 5.47. The zero-order valence-electron chi connectivity index (χ0n) is 22.9. The monoisotopic (exact) mass is 593 g/mol. The van der Waals surface area contributed by atoms with Gasteiger partial charge in [0.25, 0.3) is 11.8 Å². The number of anilines is 1. The van der Waals surface area contributed by atoms with Gasteiger partial charge in [-0.2, -0.15) is 0 Å². The van der Waals surface area contributed by atoms with Crippen molar-refractivity contribution < 1.29 is 33.1 Å². The molecule has 0 atom stereocenters. The Morgan fingerprint density at radius 1 is 1.02 bits per heavy atom. The van der Waals surface area contributed by atoms with Gasteiger partial charge < -0.3 is 14.9 Å². The number of halogens is 2. The lowest BCUT2D eigenvalue weighted by Crippen LogP contribution is -2.40. The molecule has 3 aromatic rings. The summed E-state index contributed by atoms with van der Waals surface area (Å²) in [5.74, 6) is -6.52. The average Bonchev–Trinajstić information content (AvgIpc) is 3.33. The fourth-order valence-electron chi connectivity index (χ4n) is 5.39. The second kappa shape index (κ2) is 11.9. The van der Waals surface area contributed by atoms with E-state index in [0.717, 1.165) is 11.6 Å². The van der Waals surface area contributed by atoms with E-state index in [1.165, 1.54) is 27.2 Å². The first-order valence-corrected chi connectivity index (χ1v) is 14.4. The predicted molar refractivity (Wildman–Crippen MR) is 155 cm³/mol. The normalized spacial score (nSPS) is 17.9. The van der Waals surface area contributed by atoms with Crippen LogP contribution < -0.4 is 4.90 Å². The fraction of sp³-hybridized carbons (Fsp3) is 0.323. The number of rotatable bonds is 6. The molecule has 1 fully saturated rings. The van der Waals surface area contributed by atoms with Crippen LogP contribution in [0.25, 0.3) is 16.1 Å². The van der Waals surface area contributed by atoms with Crippen molar-refractivity contribution in [2.24, 2.45) is 5.92 Å². The number of alkyl halides is 2. The van der Waals surface area contributed by atoms with Crippen molar-refractivity contribution in [2.75, 3.05) is 24.5 Å². The molecule has 1 aromatic heterocycles. The Morgan fingerprint density at radius 2 is 1.69 bits per heavy atom. The Morgan fingerprint density at radius 3 is 2.38 bits per heavy atom. The van der Waals surface area contributed by atoms with Crippen LogP contribution in [0.1, 0.15) is 46.6 Å². The van der Waals surface area contributed by atoms with Crippen molar-refractivity contribution in [2.45, 2.75) is 38.5 Å². The van der Waals surface area contributed by atoms with Crippen LogP contribution in [0.3, 0.4) is 0 Å². The van der Waals surface area contributed by atoms with Crippen LogP contribution in [0.4, 0.5) is 14.5 Å². The first-order chi connectivity index (χ1) is 20.0. The van der Waals surface area contributed by atoms with E-state index in [1.807, 2.05) is 30.3 Å². The summed E-state index contributed by atoms with van der Waals surface area (Å²) in [6.07, 6.45) is 0.236. The molecule has 0 saturated carbocycles. The Labute approximate surface area is 245 Å². The zero-order chi connectivity index (χ0) is 30.0. The average molecular weight is 594 g/mol. The number of hydrogen-bond acceptors (Lipinski definition) is 6. The molecule has 11 heteroatoms. The van der Waals surface area contributed by atoms with E-state index < -0.39 is 53.8 Å². The maximum atomic E-state index is 15.7. The SMILES string of the molecule is Cc1nc(-c2ccccc2)sc1C(=O)N1CCC(F)(F)/C(=C\C(=O)N2CCC(C(=O)CC(=O)O)CC2)c2ccccc21. The summed E-state index contributed by atoms with van der Waals surface area (Å²) in [7, 11) is 0. The number of hydrogen-bond donors (Lipinski definition) is 1. The number of aromatic nitrogens is 1. The lowest BCUT2D eigenvalue weighted by atomic mass is 9.90. The first-order valence-electron chi connectivity index (χ1n) is 13.6. The molecule has 0 spiro atoms. The molecule has 0 bridgehead atoms. The number of carboxylic acids is 1. The Kier molecular flexibility index (Phi) is 8.31. The number of piperidine rings is 1. The molecule has 5 rings (SSSR count). The van der Waals surface area contributed by atoms with Crippen LogP contribution >= 0.6 is 11.3 Å². The van der Waals surface area contributed by atoms with Crippen LogP contribution in [0.5, 0.6) is 0 Å². The van der Waals surface area contributed by atoms with Crippen LogP contribution in [-0.4, -0.2) is 64.1 Å². The Balaban J connectivity index is 1.42. The second-order valence-corrected chi connectivity index (χ2v) is 11.4. The quantitative estimate of drug-likeness (QED) is 0.300. The number of carboxylic acid groups (broad SMARTS) is 1. The van der Waals surface area contributed by atoms with E-state index >= 15 is 8.78 Å². The van der Waals surface area contributed by atoms with Gasteiger partial charge in [-0.3, -0.25) is 19.2 Å². The molecule has 42 heavy (non-hydrogen) atoms. The number of thiazole rings is 1. The summed E-state index contributed by atoms with van der Waals surface area (Å²) in [6.45, 7) is 1.77. The summed E-state index contributed by atoms with van der Waals surface area (Å²) in [5.41, 5.74) is 1.28. The molecular weight excluding hydrogens is 564 g/mol. The van der Waals surface area contributed by atoms with E-state index in [9.17, 15) is 19.2 Å². The molecule has 8 nitrogen and oxygen atoms in total. The highest BCUT2D eigenvalue weighted by Gasteiger charge is 2.42. The summed E-state index contributed by atoms with van der Waals surface area (Å²) in [6, 6.07) is 15.7. The van der Waals surface area contributed by atoms with Gasteiger partial charge in [-0.15, -0.1) is 11.3 Å². The molecule has 3 heterocycles. The minimum absolute atomic E-state index is 0.0960. The number of likely N-dealkylation sites (tertiary alicyclic amines) is 1. The van der Waals surface area contributed by atoms with Gasteiger partial charge in [-0.25, -0.2) is 13.8 Å². The number of para-hydroxylation sites is 1. The molecule has 1 saturated heterocycles. The van der Waals surface area contributed by atoms with E-state index in [4.69, 9.17) is 5.11 Å². The molecule has 2 aromatic carbocycles. The minimum atomic E-state index is -3.39. The summed E-state index contributed by atoms with van der Waals surface area (Å²) in [4.78, 5) is 57.6. The van der Waals surface area contributed by atoms with Crippen molar-refractivity contribution in [1.82, 2.24) is 9.88 Å². The third kappa shape index (κ3) is 6.01. The third-order valence-electron chi connectivity index (χ3n) is 7.64. The van der Waals surface area contributed by atoms with E-state index in [2.05, 4.69) is 4.98 Å². The van der Waals surface area contributed by atoms with Gasteiger partial charge in [0.05, 0.1) is 11.4 Å².